The molecule has 4 rings (SSSR count). The molecule has 0 N–H and O–H groups in total. The van der Waals surface area contributed by atoms with E-state index in [0.717, 1.165) is 43.0 Å². The van der Waals surface area contributed by atoms with Crippen LogP contribution in [0.5, 0.6) is 0 Å². The van der Waals surface area contributed by atoms with Crippen LogP contribution < -0.4 is 0 Å². The molecule has 1 fully saturated rings. The SMILES string of the molecule is O=C(CCc1cccc(F)c1)N1CCC(c2nnc3ccccn23)CC1. The fourth-order valence-corrected chi connectivity index (χ4v) is 3.63. The molecule has 1 amide bonds. The summed E-state index contributed by atoms with van der Waals surface area (Å²) in [7, 11) is 0. The minimum atomic E-state index is -0.253. The van der Waals surface area contributed by atoms with E-state index in [-0.39, 0.29) is 11.7 Å². The van der Waals surface area contributed by atoms with Gasteiger partial charge in [0.15, 0.2) is 5.65 Å². The number of piperidine rings is 1. The first-order chi connectivity index (χ1) is 12.7. The van der Waals surface area contributed by atoms with E-state index in [1.807, 2.05) is 39.8 Å². The van der Waals surface area contributed by atoms with Crippen LogP contribution >= 0.6 is 0 Å². The number of carbonyl (C=O) groups excluding carboxylic acids is 1. The minimum absolute atomic E-state index is 0.138. The number of benzene rings is 1. The molecule has 0 aliphatic carbocycles. The molecule has 0 radical (unpaired) electrons. The molecular formula is C20H21FN4O. The van der Waals surface area contributed by atoms with E-state index in [0.29, 0.717) is 18.8 Å². The molecule has 1 saturated heterocycles. The number of hydrogen-bond donors (Lipinski definition) is 0. The molecule has 26 heavy (non-hydrogen) atoms. The Kier molecular flexibility index (Phi) is 4.65. The molecule has 6 heteroatoms. The standard InChI is InChI=1S/C20H21FN4O/c21-17-5-3-4-15(14-17)7-8-19(26)24-12-9-16(10-13-24)20-23-22-18-6-1-2-11-25(18)20/h1-6,11,14,16H,7-10,12-13H2. The zero-order chi connectivity index (χ0) is 17.9. The number of aryl methyl sites for hydroxylation is 1. The Bertz CT molecular complexity index is 915. The van der Waals surface area contributed by atoms with Gasteiger partial charge in [-0.25, -0.2) is 4.39 Å². The fraction of sp³-hybridized carbons (Fsp3) is 0.350. The van der Waals surface area contributed by atoms with Gasteiger partial charge in [0.1, 0.15) is 11.6 Å². The number of carbonyl (C=O) groups is 1. The molecule has 1 aliphatic heterocycles. The van der Waals surface area contributed by atoms with Crippen molar-refractivity contribution in [2.75, 3.05) is 13.1 Å². The van der Waals surface area contributed by atoms with Gasteiger partial charge in [0.2, 0.25) is 5.91 Å². The third kappa shape index (κ3) is 3.45. The second-order valence-corrected chi connectivity index (χ2v) is 6.77. The van der Waals surface area contributed by atoms with Crippen LogP contribution in [0, 0.1) is 5.82 Å². The number of fused-ring (bicyclic) bond motifs is 1. The van der Waals surface area contributed by atoms with Crippen molar-refractivity contribution in [3.63, 3.8) is 0 Å². The predicted molar refractivity (Wildman–Crippen MR) is 96.3 cm³/mol. The topological polar surface area (TPSA) is 50.5 Å². The van der Waals surface area contributed by atoms with Gasteiger partial charge in [0.05, 0.1) is 0 Å². The zero-order valence-electron chi connectivity index (χ0n) is 14.5. The number of amides is 1. The number of hydrogen-bond acceptors (Lipinski definition) is 3. The van der Waals surface area contributed by atoms with E-state index in [2.05, 4.69) is 10.2 Å². The maximum atomic E-state index is 13.2. The van der Waals surface area contributed by atoms with Crippen molar-refractivity contribution in [3.8, 4) is 0 Å². The molecule has 134 valence electrons. The van der Waals surface area contributed by atoms with Gasteiger partial charge in [-0.15, -0.1) is 10.2 Å². The Morgan fingerprint density at radius 1 is 1.12 bits per heavy atom. The van der Waals surface area contributed by atoms with Gasteiger partial charge >= 0.3 is 0 Å². The summed E-state index contributed by atoms with van der Waals surface area (Å²) in [6, 6.07) is 12.3. The normalized spacial score (nSPS) is 15.5. The number of nitrogens with zero attached hydrogens (tertiary/aromatic N) is 4. The lowest BCUT2D eigenvalue weighted by Crippen LogP contribution is -2.38. The maximum Gasteiger partial charge on any atom is 0.222 e. The van der Waals surface area contributed by atoms with Crippen molar-refractivity contribution >= 4 is 11.6 Å². The molecular weight excluding hydrogens is 331 g/mol. The predicted octanol–water partition coefficient (Wildman–Crippen LogP) is 3.21. The Morgan fingerprint density at radius 3 is 2.77 bits per heavy atom. The highest BCUT2D eigenvalue weighted by Crippen LogP contribution is 2.27. The molecule has 3 aromatic rings. The average Bonchev–Trinajstić information content (AvgIpc) is 3.10. The monoisotopic (exact) mass is 352 g/mol. The highest BCUT2D eigenvalue weighted by Gasteiger charge is 2.26. The van der Waals surface area contributed by atoms with Crippen LogP contribution in [0.4, 0.5) is 4.39 Å². The molecule has 2 aromatic heterocycles. The molecule has 0 saturated carbocycles. The van der Waals surface area contributed by atoms with Crippen LogP contribution in [0.15, 0.2) is 48.7 Å². The van der Waals surface area contributed by atoms with Crippen LogP contribution in [0.2, 0.25) is 0 Å². The number of pyridine rings is 1. The van der Waals surface area contributed by atoms with Crippen LogP contribution in [-0.4, -0.2) is 38.5 Å². The fourth-order valence-electron chi connectivity index (χ4n) is 3.63. The molecule has 1 aromatic carbocycles. The minimum Gasteiger partial charge on any atom is -0.343 e. The largest absolute Gasteiger partial charge is 0.343 e. The van der Waals surface area contributed by atoms with Crippen LogP contribution in [0.3, 0.4) is 0 Å². The Hall–Kier alpha value is -2.76. The highest BCUT2D eigenvalue weighted by atomic mass is 19.1. The van der Waals surface area contributed by atoms with Crippen LogP contribution in [0.1, 0.15) is 36.6 Å². The first-order valence-corrected chi connectivity index (χ1v) is 9.02. The van der Waals surface area contributed by atoms with Gasteiger partial charge in [0.25, 0.3) is 0 Å². The van der Waals surface area contributed by atoms with E-state index in [1.165, 1.54) is 12.1 Å². The quantitative estimate of drug-likeness (QED) is 0.724. The second kappa shape index (κ2) is 7.23. The molecule has 0 bridgehead atoms. The van der Waals surface area contributed by atoms with Gasteiger partial charge in [0, 0.05) is 31.6 Å². The zero-order valence-corrected chi connectivity index (χ0v) is 14.5. The Balaban J connectivity index is 1.33. The summed E-state index contributed by atoms with van der Waals surface area (Å²) in [6.45, 7) is 1.46. The lowest BCUT2D eigenvalue weighted by Gasteiger charge is -2.31. The number of rotatable bonds is 4. The third-order valence-electron chi connectivity index (χ3n) is 5.07. The van der Waals surface area contributed by atoms with E-state index in [9.17, 15) is 9.18 Å². The van der Waals surface area contributed by atoms with E-state index in [1.54, 1.807) is 6.07 Å². The Labute approximate surface area is 151 Å². The summed E-state index contributed by atoms with van der Waals surface area (Å²) >= 11 is 0. The average molecular weight is 352 g/mol. The van der Waals surface area contributed by atoms with Crippen molar-refractivity contribution in [1.29, 1.82) is 0 Å². The summed E-state index contributed by atoms with van der Waals surface area (Å²) in [5, 5.41) is 8.57. The smallest absolute Gasteiger partial charge is 0.222 e. The highest BCUT2D eigenvalue weighted by molar-refractivity contribution is 5.76. The Morgan fingerprint density at radius 2 is 1.96 bits per heavy atom. The van der Waals surface area contributed by atoms with E-state index < -0.39 is 0 Å². The van der Waals surface area contributed by atoms with Crippen LogP contribution in [0.25, 0.3) is 5.65 Å². The lowest BCUT2D eigenvalue weighted by atomic mass is 9.95. The van der Waals surface area contributed by atoms with E-state index >= 15 is 0 Å². The second-order valence-electron chi connectivity index (χ2n) is 6.77. The molecule has 0 spiro atoms. The first-order valence-electron chi connectivity index (χ1n) is 9.02. The first kappa shape index (κ1) is 16.7. The van der Waals surface area contributed by atoms with Gasteiger partial charge < -0.3 is 4.90 Å². The number of halogens is 1. The summed E-state index contributed by atoms with van der Waals surface area (Å²) < 4.78 is 15.3. The van der Waals surface area contributed by atoms with E-state index in [4.69, 9.17) is 0 Å². The van der Waals surface area contributed by atoms with Crippen molar-refractivity contribution in [3.05, 3.63) is 65.9 Å². The van der Waals surface area contributed by atoms with Gasteiger partial charge in [-0.3, -0.25) is 9.20 Å². The maximum absolute atomic E-state index is 13.2. The van der Waals surface area contributed by atoms with Gasteiger partial charge in [-0.05, 0) is 49.1 Å². The third-order valence-corrected chi connectivity index (χ3v) is 5.07. The summed E-state index contributed by atoms with van der Waals surface area (Å²) in [5.41, 5.74) is 1.72. The van der Waals surface area contributed by atoms with Crippen molar-refractivity contribution < 1.29 is 9.18 Å². The molecule has 5 nitrogen and oxygen atoms in total. The van der Waals surface area contributed by atoms with Crippen LogP contribution in [-0.2, 0) is 11.2 Å². The van der Waals surface area contributed by atoms with Gasteiger partial charge in [-0.2, -0.15) is 0 Å². The molecule has 1 aliphatic rings. The number of aromatic nitrogens is 3. The molecule has 3 heterocycles. The van der Waals surface area contributed by atoms with Crippen molar-refractivity contribution in [2.24, 2.45) is 0 Å². The number of likely N-dealkylation sites (tertiary alicyclic amines) is 1. The summed E-state index contributed by atoms with van der Waals surface area (Å²) in [6.07, 6.45) is 4.76. The summed E-state index contributed by atoms with van der Waals surface area (Å²) in [5.74, 6) is 1.18. The van der Waals surface area contributed by atoms with Crippen molar-refractivity contribution in [1.82, 2.24) is 19.5 Å². The molecule has 0 atom stereocenters. The molecule has 0 unspecified atom stereocenters. The summed E-state index contributed by atoms with van der Waals surface area (Å²) in [4.78, 5) is 14.4. The lowest BCUT2D eigenvalue weighted by molar-refractivity contribution is -0.132. The van der Waals surface area contributed by atoms with Crippen molar-refractivity contribution in [2.45, 2.75) is 31.6 Å². The van der Waals surface area contributed by atoms with Gasteiger partial charge in [-0.1, -0.05) is 18.2 Å².